The number of rotatable bonds is 6. The molecule has 3 heteroatoms. The molecule has 0 aromatic heterocycles. The van der Waals surface area contributed by atoms with Crippen molar-refractivity contribution in [3.05, 3.63) is 64.4 Å². The predicted octanol–water partition coefficient (Wildman–Crippen LogP) is 6.13. The molecule has 1 N–H and O–H groups in total. The number of hydrogen-bond acceptors (Lipinski definition) is 1. The Morgan fingerprint density at radius 1 is 1.14 bits per heavy atom. The number of unbranched alkanes of at least 4 members (excludes halogenated alkanes) is 1. The van der Waals surface area contributed by atoms with Crippen molar-refractivity contribution in [2.24, 2.45) is 0 Å². The number of aryl methyl sites for hydroxylation is 1. The normalized spacial score (nSPS) is 12.2. The summed E-state index contributed by atoms with van der Waals surface area (Å²) in [7, 11) is 0. The van der Waals surface area contributed by atoms with E-state index in [0.29, 0.717) is 5.02 Å². The van der Waals surface area contributed by atoms with Crippen molar-refractivity contribution >= 4 is 17.3 Å². The Labute approximate surface area is 131 Å². The zero-order chi connectivity index (χ0) is 15.2. The van der Waals surface area contributed by atoms with Crippen LogP contribution in [0.25, 0.3) is 0 Å². The molecule has 112 valence electrons. The number of hydrogen-bond donors (Lipinski definition) is 1. The SMILES string of the molecule is CCCCC(Nc1cc(C)ccc1Cl)c1ccc(F)cc1. The molecule has 0 radical (unpaired) electrons. The minimum absolute atomic E-state index is 0.143. The second kappa shape index (κ2) is 7.46. The molecule has 0 aliphatic carbocycles. The van der Waals surface area contributed by atoms with E-state index in [9.17, 15) is 4.39 Å². The first-order valence-corrected chi connectivity index (χ1v) is 7.76. The highest BCUT2D eigenvalue weighted by molar-refractivity contribution is 6.33. The summed E-state index contributed by atoms with van der Waals surface area (Å²) < 4.78 is 13.1. The molecule has 0 aliphatic heterocycles. The highest BCUT2D eigenvalue weighted by atomic mass is 35.5. The van der Waals surface area contributed by atoms with Crippen LogP contribution in [0.15, 0.2) is 42.5 Å². The molecule has 0 heterocycles. The standard InChI is InChI=1S/C18H21ClFN/c1-3-4-5-17(14-7-9-15(20)10-8-14)21-18-12-13(2)6-11-16(18)19/h6-12,17,21H,3-5H2,1-2H3. The van der Waals surface area contributed by atoms with E-state index in [1.807, 2.05) is 37.3 Å². The van der Waals surface area contributed by atoms with Crippen molar-refractivity contribution in [1.29, 1.82) is 0 Å². The van der Waals surface area contributed by atoms with E-state index in [2.05, 4.69) is 12.2 Å². The van der Waals surface area contributed by atoms with E-state index >= 15 is 0 Å². The third kappa shape index (κ3) is 4.47. The smallest absolute Gasteiger partial charge is 0.123 e. The molecule has 0 saturated heterocycles. The van der Waals surface area contributed by atoms with Crippen LogP contribution in [0.5, 0.6) is 0 Å². The molecule has 2 rings (SSSR count). The summed E-state index contributed by atoms with van der Waals surface area (Å²) >= 11 is 6.26. The van der Waals surface area contributed by atoms with Crippen LogP contribution < -0.4 is 5.32 Å². The van der Waals surface area contributed by atoms with Crippen molar-refractivity contribution in [2.45, 2.75) is 39.2 Å². The molecule has 1 atom stereocenters. The predicted molar refractivity (Wildman–Crippen MR) is 88.5 cm³/mol. The van der Waals surface area contributed by atoms with Gasteiger partial charge in [-0.1, -0.05) is 49.6 Å². The van der Waals surface area contributed by atoms with Gasteiger partial charge in [0, 0.05) is 0 Å². The first-order chi connectivity index (χ1) is 10.1. The Hall–Kier alpha value is -1.54. The van der Waals surface area contributed by atoms with Gasteiger partial charge in [-0.15, -0.1) is 0 Å². The zero-order valence-electron chi connectivity index (χ0n) is 12.5. The first-order valence-electron chi connectivity index (χ1n) is 7.38. The lowest BCUT2D eigenvalue weighted by atomic mass is 10.0. The summed E-state index contributed by atoms with van der Waals surface area (Å²) in [5, 5.41) is 4.22. The molecule has 21 heavy (non-hydrogen) atoms. The van der Waals surface area contributed by atoms with Crippen LogP contribution in [-0.4, -0.2) is 0 Å². The van der Waals surface area contributed by atoms with Crippen LogP contribution in [-0.2, 0) is 0 Å². The molecule has 0 bridgehead atoms. The number of benzene rings is 2. The largest absolute Gasteiger partial charge is 0.377 e. The molecule has 0 spiro atoms. The molecule has 0 aliphatic rings. The molecule has 0 saturated carbocycles. The number of anilines is 1. The minimum atomic E-state index is -0.207. The Kier molecular flexibility index (Phi) is 5.63. The highest BCUT2D eigenvalue weighted by Gasteiger charge is 2.13. The van der Waals surface area contributed by atoms with Crippen LogP contribution >= 0.6 is 11.6 Å². The van der Waals surface area contributed by atoms with Crippen LogP contribution in [0.4, 0.5) is 10.1 Å². The van der Waals surface area contributed by atoms with Crippen molar-refractivity contribution in [3.8, 4) is 0 Å². The minimum Gasteiger partial charge on any atom is -0.377 e. The monoisotopic (exact) mass is 305 g/mol. The van der Waals surface area contributed by atoms with Gasteiger partial charge in [-0.3, -0.25) is 0 Å². The van der Waals surface area contributed by atoms with Gasteiger partial charge in [0.1, 0.15) is 5.82 Å². The molecule has 0 fully saturated rings. The Morgan fingerprint density at radius 3 is 2.52 bits per heavy atom. The number of nitrogens with one attached hydrogen (secondary N) is 1. The van der Waals surface area contributed by atoms with Gasteiger partial charge < -0.3 is 5.32 Å². The molecule has 2 aromatic rings. The maximum atomic E-state index is 13.1. The Morgan fingerprint density at radius 2 is 1.86 bits per heavy atom. The Bertz CT molecular complexity index is 580. The quantitative estimate of drug-likeness (QED) is 0.676. The van der Waals surface area contributed by atoms with Gasteiger partial charge in [0.15, 0.2) is 0 Å². The van der Waals surface area contributed by atoms with Gasteiger partial charge in [0.05, 0.1) is 16.8 Å². The molecule has 1 nitrogen and oxygen atoms in total. The topological polar surface area (TPSA) is 12.0 Å². The van der Waals surface area contributed by atoms with Crippen molar-refractivity contribution < 1.29 is 4.39 Å². The maximum Gasteiger partial charge on any atom is 0.123 e. The lowest BCUT2D eigenvalue weighted by Crippen LogP contribution is -2.11. The zero-order valence-corrected chi connectivity index (χ0v) is 13.3. The van der Waals surface area contributed by atoms with Crippen molar-refractivity contribution in [1.82, 2.24) is 0 Å². The fourth-order valence-corrected chi connectivity index (χ4v) is 2.54. The van der Waals surface area contributed by atoms with Crippen LogP contribution in [0.3, 0.4) is 0 Å². The van der Waals surface area contributed by atoms with E-state index in [4.69, 9.17) is 11.6 Å². The van der Waals surface area contributed by atoms with Gasteiger partial charge in [-0.2, -0.15) is 0 Å². The third-order valence-electron chi connectivity index (χ3n) is 3.57. The van der Waals surface area contributed by atoms with E-state index < -0.39 is 0 Å². The van der Waals surface area contributed by atoms with Gasteiger partial charge in [0.25, 0.3) is 0 Å². The molecule has 0 amide bonds. The van der Waals surface area contributed by atoms with E-state index in [1.165, 1.54) is 12.1 Å². The van der Waals surface area contributed by atoms with E-state index in [0.717, 1.165) is 36.1 Å². The lowest BCUT2D eigenvalue weighted by Gasteiger charge is -2.21. The molecular formula is C18H21ClFN. The second-order valence-corrected chi connectivity index (χ2v) is 5.78. The first kappa shape index (κ1) is 15.8. The summed E-state index contributed by atoms with van der Waals surface area (Å²) in [6.45, 7) is 4.21. The maximum absolute atomic E-state index is 13.1. The fraction of sp³-hybridized carbons (Fsp3) is 0.333. The van der Waals surface area contributed by atoms with Gasteiger partial charge in [0.2, 0.25) is 0 Å². The van der Waals surface area contributed by atoms with Crippen LogP contribution in [0, 0.1) is 12.7 Å². The van der Waals surface area contributed by atoms with Gasteiger partial charge in [-0.25, -0.2) is 4.39 Å². The van der Waals surface area contributed by atoms with E-state index in [1.54, 1.807) is 0 Å². The molecule has 2 aromatic carbocycles. The summed E-state index contributed by atoms with van der Waals surface area (Å²) in [6, 6.07) is 12.8. The van der Waals surface area contributed by atoms with Gasteiger partial charge >= 0.3 is 0 Å². The summed E-state index contributed by atoms with van der Waals surface area (Å²) in [5.74, 6) is -0.207. The van der Waals surface area contributed by atoms with Gasteiger partial charge in [-0.05, 0) is 48.7 Å². The van der Waals surface area contributed by atoms with E-state index in [-0.39, 0.29) is 11.9 Å². The third-order valence-corrected chi connectivity index (χ3v) is 3.90. The summed E-state index contributed by atoms with van der Waals surface area (Å²) in [6.07, 6.45) is 3.23. The summed E-state index contributed by atoms with van der Waals surface area (Å²) in [4.78, 5) is 0. The molecule has 1 unspecified atom stereocenters. The fourth-order valence-electron chi connectivity index (χ4n) is 2.36. The average Bonchev–Trinajstić information content (AvgIpc) is 2.48. The molecular weight excluding hydrogens is 285 g/mol. The average molecular weight is 306 g/mol. The van der Waals surface area contributed by atoms with Crippen LogP contribution in [0.1, 0.15) is 43.4 Å². The highest BCUT2D eigenvalue weighted by Crippen LogP contribution is 2.30. The summed E-state index contributed by atoms with van der Waals surface area (Å²) in [5.41, 5.74) is 3.18. The van der Waals surface area contributed by atoms with Crippen molar-refractivity contribution in [3.63, 3.8) is 0 Å². The van der Waals surface area contributed by atoms with Crippen LogP contribution in [0.2, 0.25) is 5.02 Å². The lowest BCUT2D eigenvalue weighted by molar-refractivity contribution is 0.616. The number of halogens is 2. The second-order valence-electron chi connectivity index (χ2n) is 5.37. The van der Waals surface area contributed by atoms with Crippen molar-refractivity contribution in [2.75, 3.05) is 5.32 Å². The Balaban J connectivity index is 2.23.